The summed E-state index contributed by atoms with van der Waals surface area (Å²) < 4.78 is 0. The van der Waals surface area contributed by atoms with E-state index in [4.69, 9.17) is 0 Å². The van der Waals surface area contributed by atoms with Crippen LogP contribution in [0.25, 0.3) is 0 Å². The van der Waals surface area contributed by atoms with E-state index in [1.54, 1.807) is 0 Å². The number of nitrogens with one attached hydrogen (secondary N) is 1. The first-order valence-corrected chi connectivity index (χ1v) is 6.86. The van der Waals surface area contributed by atoms with Crippen molar-refractivity contribution in [1.82, 2.24) is 5.32 Å². The normalized spacial score (nSPS) is 16.7. The topological polar surface area (TPSA) is 29.1 Å². The van der Waals surface area contributed by atoms with Crippen LogP contribution in [0.15, 0.2) is 0 Å². The lowest BCUT2D eigenvalue weighted by Gasteiger charge is -2.37. The summed E-state index contributed by atoms with van der Waals surface area (Å²) in [6.07, 6.45) is 1.94. The van der Waals surface area contributed by atoms with Crippen LogP contribution in [-0.4, -0.2) is 17.9 Å². The van der Waals surface area contributed by atoms with Crippen molar-refractivity contribution in [3.63, 3.8) is 0 Å². The molecule has 0 amide bonds. The highest BCUT2D eigenvalue weighted by molar-refractivity contribution is 5.89. The molecule has 102 valence electrons. The Kier molecular flexibility index (Phi) is 5.86. The lowest BCUT2D eigenvalue weighted by molar-refractivity contribution is -0.132. The molecule has 2 atom stereocenters. The summed E-state index contributed by atoms with van der Waals surface area (Å²) in [6, 6.07) is 0.322. The fourth-order valence-electron chi connectivity index (χ4n) is 1.69. The van der Waals surface area contributed by atoms with Crippen molar-refractivity contribution in [2.45, 2.75) is 80.3 Å². The molecule has 0 spiro atoms. The zero-order chi connectivity index (χ0) is 13.9. The van der Waals surface area contributed by atoms with E-state index in [1.807, 2.05) is 13.8 Å². The Morgan fingerprint density at radius 3 is 1.88 bits per heavy atom. The van der Waals surface area contributed by atoms with Gasteiger partial charge in [0.25, 0.3) is 0 Å². The molecule has 0 aliphatic carbocycles. The predicted octanol–water partition coefficient (Wildman–Crippen LogP) is 3.79. The molecule has 0 radical (unpaired) electrons. The molecule has 1 N–H and O–H groups in total. The van der Waals surface area contributed by atoms with Gasteiger partial charge in [-0.15, -0.1) is 0 Å². The summed E-state index contributed by atoms with van der Waals surface area (Å²) in [5.41, 5.74) is -0.272. The van der Waals surface area contributed by atoms with Crippen molar-refractivity contribution in [3.8, 4) is 0 Å². The first kappa shape index (κ1) is 16.6. The predicted molar refractivity (Wildman–Crippen MR) is 75.2 cm³/mol. The number of Topliss-reactive ketones (excluding diaryl/α,β-unsaturated/α-hetero) is 1. The van der Waals surface area contributed by atoms with Gasteiger partial charge in [-0.25, -0.2) is 0 Å². The Morgan fingerprint density at radius 2 is 1.59 bits per heavy atom. The smallest absolute Gasteiger partial charge is 0.155 e. The number of hydrogen-bond donors (Lipinski definition) is 1. The Labute approximate surface area is 108 Å². The number of hydrogen-bond acceptors (Lipinski definition) is 2. The van der Waals surface area contributed by atoms with Gasteiger partial charge in [-0.3, -0.25) is 4.79 Å². The largest absolute Gasteiger partial charge is 0.305 e. The SMILES string of the molecule is CCC(C)NC(C(=O)C(C)(C)CC)C(C)(C)C. The van der Waals surface area contributed by atoms with Gasteiger partial charge < -0.3 is 5.32 Å². The highest BCUT2D eigenvalue weighted by atomic mass is 16.1. The second kappa shape index (κ2) is 5.99. The molecular weight excluding hydrogens is 210 g/mol. The molecule has 0 aromatic carbocycles. The number of ketones is 1. The van der Waals surface area contributed by atoms with Gasteiger partial charge in [0.05, 0.1) is 6.04 Å². The zero-order valence-electron chi connectivity index (χ0n) is 13.0. The second-order valence-corrected chi connectivity index (χ2v) is 6.88. The van der Waals surface area contributed by atoms with Crippen LogP contribution in [0.4, 0.5) is 0 Å². The average Bonchev–Trinajstić information content (AvgIpc) is 2.22. The third kappa shape index (κ3) is 4.79. The zero-order valence-corrected chi connectivity index (χ0v) is 13.0. The Bertz CT molecular complexity index is 250. The van der Waals surface area contributed by atoms with Crippen molar-refractivity contribution in [2.75, 3.05) is 0 Å². The van der Waals surface area contributed by atoms with Crippen LogP contribution in [0.5, 0.6) is 0 Å². The molecule has 2 unspecified atom stereocenters. The molecule has 0 aromatic heterocycles. The van der Waals surface area contributed by atoms with E-state index >= 15 is 0 Å². The molecule has 0 heterocycles. The van der Waals surface area contributed by atoms with E-state index < -0.39 is 0 Å². The van der Waals surface area contributed by atoms with Crippen molar-refractivity contribution >= 4 is 5.78 Å². The Morgan fingerprint density at radius 1 is 1.12 bits per heavy atom. The number of rotatable bonds is 6. The van der Waals surface area contributed by atoms with Gasteiger partial charge in [-0.2, -0.15) is 0 Å². The lowest BCUT2D eigenvalue weighted by atomic mass is 9.73. The summed E-state index contributed by atoms with van der Waals surface area (Å²) in [5, 5.41) is 3.50. The molecule has 0 bridgehead atoms. The van der Waals surface area contributed by atoms with Gasteiger partial charge in [-0.1, -0.05) is 48.5 Å². The minimum atomic E-state index is -0.238. The fraction of sp³-hybridized carbons (Fsp3) is 0.933. The van der Waals surface area contributed by atoms with Crippen LogP contribution in [0, 0.1) is 10.8 Å². The van der Waals surface area contributed by atoms with Crippen molar-refractivity contribution in [3.05, 3.63) is 0 Å². The first-order chi connectivity index (χ1) is 7.56. The van der Waals surface area contributed by atoms with E-state index in [2.05, 4.69) is 46.9 Å². The van der Waals surface area contributed by atoms with Crippen LogP contribution in [0.3, 0.4) is 0 Å². The maximum atomic E-state index is 12.6. The summed E-state index contributed by atoms with van der Waals surface area (Å²) in [5.74, 6) is 0.341. The maximum Gasteiger partial charge on any atom is 0.155 e. The van der Waals surface area contributed by atoms with Crippen LogP contribution < -0.4 is 5.32 Å². The number of carbonyl (C=O) groups excluding carboxylic acids is 1. The van der Waals surface area contributed by atoms with Crippen molar-refractivity contribution < 1.29 is 4.79 Å². The average molecular weight is 241 g/mol. The van der Waals surface area contributed by atoms with Gasteiger partial charge in [-0.05, 0) is 25.2 Å². The quantitative estimate of drug-likeness (QED) is 0.766. The van der Waals surface area contributed by atoms with E-state index in [1.165, 1.54) is 0 Å². The van der Waals surface area contributed by atoms with Gasteiger partial charge >= 0.3 is 0 Å². The maximum absolute atomic E-state index is 12.6. The summed E-state index contributed by atoms with van der Waals surface area (Å²) in [4.78, 5) is 12.6. The molecule has 0 rings (SSSR count). The van der Waals surface area contributed by atoms with E-state index in [-0.39, 0.29) is 16.9 Å². The van der Waals surface area contributed by atoms with E-state index in [9.17, 15) is 4.79 Å². The van der Waals surface area contributed by atoms with E-state index in [0.29, 0.717) is 11.8 Å². The summed E-state index contributed by atoms with van der Waals surface area (Å²) in [6.45, 7) is 16.9. The summed E-state index contributed by atoms with van der Waals surface area (Å²) in [7, 11) is 0. The summed E-state index contributed by atoms with van der Waals surface area (Å²) >= 11 is 0. The highest BCUT2D eigenvalue weighted by Crippen LogP contribution is 2.30. The first-order valence-electron chi connectivity index (χ1n) is 6.86. The Hall–Kier alpha value is -0.370. The molecule has 0 aliphatic rings. The van der Waals surface area contributed by atoms with Crippen LogP contribution in [-0.2, 0) is 4.79 Å². The van der Waals surface area contributed by atoms with Crippen LogP contribution in [0.2, 0.25) is 0 Å². The van der Waals surface area contributed by atoms with Gasteiger partial charge in [0, 0.05) is 11.5 Å². The monoisotopic (exact) mass is 241 g/mol. The Balaban J connectivity index is 5.01. The third-order valence-corrected chi connectivity index (χ3v) is 3.74. The minimum absolute atomic E-state index is 0.0348. The molecule has 0 saturated carbocycles. The molecule has 0 saturated heterocycles. The van der Waals surface area contributed by atoms with Crippen molar-refractivity contribution in [2.24, 2.45) is 10.8 Å². The number of carbonyl (C=O) groups is 1. The molecule has 0 fully saturated rings. The third-order valence-electron chi connectivity index (χ3n) is 3.74. The fourth-order valence-corrected chi connectivity index (χ4v) is 1.69. The molecular formula is C15H31NO. The van der Waals surface area contributed by atoms with Crippen LogP contribution >= 0.6 is 0 Å². The lowest BCUT2D eigenvalue weighted by Crippen LogP contribution is -2.53. The molecule has 0 aromatic rings. The molecule has 17 heavy (non-hydrogen) atoms. The van der Waals surface area contributed by atoms with Gasteiger partial charge in [0.1, 0.15) is 0 Å². The molecule has 0 aliphatic heterocycles. The van der Waals surface area contributed by atoms with Gasteiger partial charge in [0.2, 0.25) is 0 Å². The minimum Gasteiger partial charge on any atom is -0.305 e. The second-order valence-electron chi connectivity index (χ2n) is 6.88. The van der Waals surface area contributed by atoms with Crippen LogP contribution in [0.1, 0.15) is 68.2 Å². The van der Waals surface area contributed by atoms with Crippen molar-refractivity contribution in [1.29, 1.82) is 0 Å². The van der Waals surface area contributed by atoms with E-state index in [0.717, 1.165) is 12.8 Å². The highest BCUT2D eigenvalue weighted by Gasteiger charge is 2.38. The molecule has 2 nitrogen and oxygen atoms in total. The molecule has 2 heteroatoms. The van der Waals surface area contributed by atoms with Gasteiger partial charge in [0.15, 0.2) is 5.78 Å². The standard InChI is InChI=1S/C15H31NO/c1-9-11(3)16-12(14(4,5)6)13(17)15(7,8)10-2/h11-12,16H,9-10H2,1-8H3.